The van der Waals surface area contributed by atoms with Crippen LogP contribution >= 0.6 is 11.6 Å². The van der Waals surface area contributed by atoms with E-state index in [9.17, 15) is 4.79 Å². The van der Waals surface area contributed by atoms with Crippen molar-refractivity contribution in [1.82, 2.24) is 10.3 Å². The second-order valence-corrected chi connectivity index (χ2v) is 6.49. The Balaban J connectivity index is 1.44. The van der Waals surface area contributed by atoms with Crippen LogP contribution in [0.5, 0.6) is 0 Å². The second kappa shape index (κ2) is 5.39. The molecule has 1 fully saturated rings. The van der Waals surface area contributed by atoms with E-state index in [-0.39, 0.29) is 17.9 Å². The third-order valence-corrected chi connectivity index (χ3v) is 4.59. The third kappa shape index (κ3) is 2.94. The average molecular weight is 326 g/mol. The molecule has 1 aromatic heterocycles. The Morgan fingerprint density at radius 1 is 1.30 bits per heavy atom. The summed E-state index contributed by atoms with van der Waals surface area (Å²) in [6, 6.07) is 11.1. The summed E-state index contributed by atoms with van der Waals surface area (Å²) in [4.78, 5) is 16.5. The predicted octanol–water partition coefficient (Wildman–Crippen LogP) is 3.39. The molecule has 2 N–H and O–H groups in total. The van der Waals surface area contributed by atoms with Gasteiger partial charge in [-0.2, -0.15) is 0 Å². The lowest BCUT2D eigenvalue weighted by molar-refractivity contribution is -0.115. The van der Waals surface area contributed by atoms with Gasteiger partial charge in [-0.15, -0.1) is 0 Å². The van der Waals surface area contributed by atoms with Gasteiger partial charge in [0.1, 0.15) is 0 Å². The van der Waals surface area contributed by atoms with Crippen LogP contribution in [0.25, 0.3) is 5.70 Å². The normalized spacial score (nSPS) is 17.0. The Kier molecular flexibility index (Phi) is 3.34. The van der Waals surface area contributed by atoms with Gasteiger partial charge in [-0.25, -0.2) is 0 Å². The maximum atomic E-state index is 12.2. The molecule has 1 saturated carbocycles. The second-order valence-electron chi connectivity index (χ2n) is 6.09. The van der Waals surface area contributed by atoms with E-state index in [0.717, 1.165) is 22.6 Å². The van der Waals surface area contributed by atoms with Crippen LogP contribution < -0.4 is 10.6 Å². The van der Waals surface area contributed by atoms with E-state index in [1.54, 1.807) is 18.3 Å². The monoisotopic (exact) mass is 325 g/mol. The van der Waals surface area contributed by atoms with Crippen molar-refractivity contribution in [3.05, 3.63) is 65.0 Å². The van der Waals surface area contributed by atoms with Gasteiger partial charge in [0, 0.05) is 16.9 Å². The molecule has 5 heteroatoms. The standard InChI is InChI=1S/C18H16ClN3O/c19-14-4-2-1-3-12(14)9-17(23)21-13-5-8-20-15(10-13)16-11-18(22-16)6-7-18/h1-5,8,10-11,22H,6-7,9H2,(H,20,21,23). The van der Waals surface area contributed by atoms with Crippen molar-refractivity contribution in [1.29, 1.82) is 0 Å². The lowest BCUT2D eigenvalue weighted by Crippen LogP contribution is -2.37. The Hall–Kier alpha value is -2.33. The molecule has 1 aliphatic heterocycles. The summed E-state index contributed by atoms with van der Waals surface area (Å²) in [7, 11) is 0. The quantitative estimate of drug-likeness (QED) is 0.906. The first kappa shape index (κ1) is 14.3. The zero-order valence-corrected chi connectivity index (χ0v) is 13.2. The number of benzene rings is 1. The highest BCUT2D eigenvalue weighted by atomic mass is 35.5. The third-order valence-electron chi connectivity index (χ3n) is 4.22. The molecule has 1 aliphatic carbocycles. The molecule has 2 aromatic rings. The number of carbonyl (C=O) groups excluding carboxylic acids is 1. The number of nitrogens with zero attached hydrogens (tertiary/aromatic N) is 1. The molecular weight excluding hydrogens is 310 g/mol. The zero-order valence-electron chi connectivity index (χ0n) is 12.5. The largest absolute Gasteiger partial charge is 0.374 e. The molecule has 116 valence electrons. The van der Waals surface area contributed by atoms with E-state index in [1.165, 1.54) is 12.8 Å². The van der Waals surface area contributed by atoms with E-state index in [0.29, 0.717) is 5.02 Å². The molecule has 0 radical (unpaired) electrons. The fraction of sp³-hybridized carbons (Fsp3) is 0.222. The maximum absolute atomic E-state index is 12.2. The predicted molar refractivity (Wildman–Crippen MR) is 91.1 cm³/mol. The SMILES string of the molecule is O=C(Cc1ccccc1Cl)Nc1ccnc(C2=CC3(CC3)N2)c1. The van der Waals surface area contributed by atoms with Crippen molar-refractivity contribution < 1.29 is 4.79 Å². The molecule has 1 spiro atoms. The van der Waals surface area contributed by atoms with Gasteiger partial charge in [0.2, 0.25) is 5.91 Å². The summed E-state index contributed by atoms with van der Waals surface area (Å²) in [5.41, 5.74) is 3.72. The van der Waals surface area contributed by atoms with Crippen molar-refractivity contribution >= 4 is 28.9 Å². The lowest BCUT2D eigenvalue weighted by Gasteiger charge is -2.28. The molecule has 23 heavy (non-hydrogen) atoms. The van der Waals surface area contributed by atoms with Crippen molar-refractivity contribution in [2.75, 3.05) is 5.32 Å². The minimum Gasteiger partial charge on any atom is -0.374 e. The van der Waals surface area contributed by atoms with Crippen LogP contribution in [0.2, 0.25) is 5.02 Å². The number of amides is 1. The highest BCUT2D eigenvalue weighted by Gasteiger charge is 2.47. The highest BCUT2D eigenvalue weighted by molar-refractivity contribution is 6.31. The first-order chi connectivity index (χ1) is 11.1. The van der Waals surface area contributed by atoms with Crippen molar-refractivity contribution in [3.8, 4) is 0 Å². The summed E-state index contributed by atoms with van der Waals surface area (Å²) in [6.45, 7) is 0. The number of hydrogen-bond acceptors (Lipinski definition) is 3. The Morgan fingerprint density at radius 2 is 2.09 bits per heavy atom. The highest BCUT2D eigenvalue weighted by Crippen LogP contribution is 2.46. The summed E-state index contributed by atoms with van der Waals surface area (Å²) < 4.78 is 0. The van der Waals surface area contributed by atoms with E-state index in [1.807, 2.05) is 24.3 Å². The van der Waals surface area contributed by atoms with E-state index >= 15 is 0 Å². The van der Waals surface area contributed by atoms with Crippen LogP contribution in [0.15, 0.2) is 48.7 Å². The van der Waals surface area contributed by atoms with Gasteiger partial charge >= 0.3 is 0 Å². The zero-order chi connectivity index (χ0) is 15.9. The number of pyridine rings is 1. The van der Waals surface area contributed by atoms with Crippen LogP contribution in [0, 0.1) is 0 Å². The van der Waals surface area contributed by atoms with Crippen LogP contribution in [-0.2, 0) is 11.2 Å². The fourth-order valence-electron chi connectivity index (χ4n) is 2.76. The van der Waals surface area contributed by atoms with Crippen molar-refractivity contribution in [2.24, 2.45) is 0 Å². The molecule has 0 bridgehead atoms. The van der Waals surface area contributed by atoms with Crippen molar-refractivity contribution in [3.63, 3.8) is 0 Å². The van der Waals surface area contributed by atoms with E-state index in [4.69, 9.17) is 11.6 Å². The molecule has 4 nitrogen and oxygen atoms in total. The molecule has 0 unspecified atom stereocenters. The minimum absolute atomic E-state index is 0.0931. The van der Waals surface area contributed by atoms with Crippen LogP contribution in [0.3, 0.4) is 0 Å². The minimum atomic E-state index is -0.0931. The van der Waals surface area contributed by atoms with Gasteiger partial charge < -0.3 is 10.6 Å². The van der Waals surface area contributed by atoms with Gasteiger partial charge in [0.25, 0.3) is 0 Å². The first-order valence-electron chi connectivity index (χ1n) is 7.64. The Morgan fingerprint density at radius 3 is 2.83 bits per heavy atom. The molecule has 2 heterocycles. The van der Waals surface area contributed by atoms with Crippen LogP contribution in [0.1, 0.15) is 24.1 Å². The number of anilines is 1. The van der Waals surface area contributed by atoms with Gasteiger partial charge in [-0.05, 0) is 42.7 Å². The van der Waals surface area contributed by atoms with Crippen LogP contribution in [0.4, 0.5) is 5.69 Å². The Bertz CT molecular complexity index is 811. The maximum Gasteiger partial charge on any atom is 0.228 e. The fourth-order valence-corrected chi connectivity index (χ4v) is 2.96. The van der Waals surface area contributed by atoms with Crippen molar-refractivity contribution in [2.45, 2.75) is 24.8 Å². The molecule has 1 aromatic carbocycles. The first-order valence-corrected chi connectivity index (χ1v) is 8.02. The van der Waals surface area contributed by atoms with Crippen LogP contribution in [-0.4, -0.2) is 16.4 Å². The molecule has 0 saturated heterocycles. The number of aromatic nitrogens is 1. The van der Waals surface area contributed by atoms with Gasteiger partial charge in [0.05, 0.1) is 23.4 Å². The van der Waals surface area contributed by atoms with E-state index < -0.39 is 0 Å². The smallest absolute Gasteiger partial charge is 0.228 e. The number of rotatable bonds is 4. The topological polar surface area (TPSA) is 54.0 Å². The molecular formula is C18H16ClN3O. The van der Waals surface area contributed by atoms with Gasteiger partial charge in [-0.1, -0.05) is 29.8 Å². The number of halogens is 1. The average Bonchev–Trinajstić information content (AvgIpc) is 3.29. The summed E-state index contributed by atoms with van der Waals surface area (Å²) >= 11 is 6.09. The van der Waals surface area contributed by atoms with E-state index in [2.05, 4.69) is 21.7 Å². The Labute approximate surface area is 139 Å². The molecule has 1 amide bonds. The molecule has 4 rings (SSSR count). The summed E-state index contributed by atoms with van der Waals surface area (Å²) in [5.74, 6) is -0.0931. The molecule has 2 aliphatic rings. The van der Waals surface area contributed by atoms with Gasteiger partial charge in [-0.3, -0.25) is 9.78 Å². The summed E-state index contributed by atoms with van der Waals surface area (Å²) in [5, 5.41) is 6.96. The van der Waals surface area contributed by atoms with Gasteiger partial charge in [0.15, 0.2) is 0 Å². The number of hydrogen-bond donors (Lipinski definition) is 2. The molecule has 0 atom stereocenters. The number of carbonyl (C=O) groups is 1. The number of nitrogens with one attached hydrogen (secondary N) is 2. The summed E-state index contributed by atoms with van der Waals surface area (Å²) in [6.07, 6.45) is 6.59. The lowest BCUT2D eigenvalue weighted by atomic mass is 10.0.